The van der Waals surface area contributed by atoms with E-state index in [1.807, 2.05) is 24.3 Å². The van der Waals surface area contributed by atoms with Crippen LogP contribution in [0.25, 0.3) is 11.0 Å². The van der Waals surface area contributed by atoms with Crippen molar-refractivity contribution < 1.29 is 9.57 Å². The smallest absolute Gasteiger partial charge is 0.288 e. The summed E-state index contributed by atoms with van der Waals surface area (Å²) >= 11 is 12.9. The second-order valence-corrected chi connectivity index (χ2v) is 9.70. The number of hydrogen-bond donors (Lipinski definition) is 1. The average molecular weight is 528 g/mol. The maximum Gasteiger partial charge on any atom is 0.288 e. The van der Waals surface area contributed by atoms with Crippen LogP contribution in [0.4, 0.5) is 11.6 Å². The Balaban J connectivity index is 1.33. The van der Waals surface area contributed by atoms with Gasteiger partial charge in [0.2, 0.25) is 5.95 Å². The molecule has 1 N–H and O–H groups in total. The predicted molar refractivity (Wildman–Crippen MR) is 143 cm³/mol. The van der Waals surface area contributed by atoms with Gasteiger partial charge in [-0.15, -0.1) is 16.3 Å². The van der Waals surface area contributed by atoms with Crippen molar-refractivity contribution in [3.63, 3.8) is 0 Å². The van der Waals surface area contributed by atoms with E-state index in [1.165, 1.54) is 20.0 Å². The summed E-state index contributed by atoms with van der Waals surface area (Å²) in [6, 6.07) is 9.33. The Morgan fingerprint density at radius 1 is 1.19 bits per heavy atom. The Morgan fingerprint density at radius 3 is 2.69 bits per heavy atom. The van der Waals surface area contributed by atoms with Crippen molar-refractivity contribution in [1.82, 2.24) is 19.6 Å². The van der Waals surface area contributed by atoms with Gasteiger partial charge in [0.1, 0.15) is 19.5 Å². The van der Waals surface area contributed by atoms with E-state index >= 15 is 0 Å². The lowest BCUT2D eigenvalue weighted by Crippen LogP contribution is -2.32. The second-order valence-electron chi connectivity index (χ2n) is 8.76. The van der Waals surface area contributed by atoms with Crippen LogP contribution >= 0.6 is 23.2 Å². The molecule has 188 valence electrons. The van der Waals surface area contributed by atoms with Crippen LogP contribution in [0.1, 0.15) is 24.3 Å². The van der Waals surface area contributed by atoms with Crippen LogP contribution in [0.2, 0.25) is 0 Å². The molecular weight excluding hydrogens is 501 g/mol. The number of fused-ring (bicyclic) bond motifs is 1. The summed E-state index contributed by atoms with van der Waals surface area (Å²) in [7, 11) is 1.42. The summed E-state index contributed by atoms with van der Waals surface area (Å²) in [5.41, 5.74) is 1.17. The van der Waals surface area contributed by atoms with E-state index in [0.717, 1.165) is 35.8 Å². The minimum absolute atomic E-state index is 0.330. The lowest BCUT2D eigenvalue weighted by molar-refractivity contribution is 0.166. The van der Waals surface area contributed by atoms with E-state index in [4.69, 9.17) is 32.8 Å². The number of alkyl halides is 1. The number of likely N-dealkylation sites (tertiary alicyclic amines) is 1. The summed E-state index contributed by atoms with van der Waals surface area (Å²) < 4.78 is 7.01. The van der Waals surface area contributed by atoms with Crippen molar-refractivity contribution in [2.75, 3.05) is 38.7 Å². The van der Waals surface area contributed by atoms with Crippen molar-refractivity contribution in [2.45, 2.75) is 24.1 Å². The van der Waals surface area contributed by atoms with Crippen LogP contribution in [0.3, 0.4) is 0 Å². The Hall–Kier alpha value is -3.07. The second kappa shape index (κ2) is 10.9. The fourth-order valence-electron chi connectivity index (χ4n) is 4.54. The number of ether oxygens (including phenoxy) is 1. The predicted octanol–water partition coefficient (Wildman–Crippen LogP) is 4.45. The number of halogens is 2. The van der Waals surface area contributed by atoms with Crippen molar-refractivity contribution in [3.05, 3.63) is 75.7 Å². The van der Waals surface area contributed by atoms with E-state index in [1.54, 1.807) is 30.5 Å². The molecule has 1 aliphatic heterocycles. The molecule has 2 unspecified atom stereocenters. The third kappa shape index (κ3) is 5.21. The van der Waals surface area contributed by atoms with Crippen molar-refractivity contribution >= 4 is 45.9 Å². The number of aromatic nitrogens is 3. The van der Waals surface area contributed by atoms with Gasteiger partial charge in [0.05, 0.1) is 5.38 Å². The fraction of sp³-hybridized carbons (Fsp3) is 0.346. The quantitative estimate of drug-likeness (QED) is 0.433. The number of pyridine rings is 1. The maximum absolute atomic E-state index is 13.3. The molecule has 0 amide bonds. The van der Waals surface area contributed by atoms with Gasteiger partial charge in [-0.05, 0) is 62.3 Å². The molecular formula is C26H27Cl2N5O3. The largest absolute Gasteiger partial charge is 0.492 e. The lowest BCUT2D eigenvalue weighted by Gasteiger charge is -2.23. The van der Waals surface area contributed by atoms with Gasteiger partial charge in [-0.3, -0.25) is 9.69 Å². The molecule has 2 atom stereocenters. The molecule has 1 aliphatic carbocycles. The van der Waals surface area contributed by atoms with Gasteiger partial charge in [0, 0.05) is 40.3 Å². The number of nitrogens with one attached hydrogen (secondary N) is 1. The summed E-state index contributed by atoms with van der Waals surface area (Å²) in [6.07, 6.45) is 9.50. The normalized spacial score (nSPS) is 19.9. The molecule has 10 heteroatoms. The maximum atomic E-state index is 13.3. The number of hydrogen-bond acceptors (Lipinski definition) is 7. The van der Waals surface area contributed by atoms with Gasteiger partial charge in [-0.2, -0.15) is 4.98 Å². The van der Waals surface area contributed by atoms with Gasteiger partial charge in [-0.25, -0.2) is 4.98 Å². The molecule has 2 aliphatic rings. The molecule has 0 bridgehead atoms. The highest BCUT2D eigenvalue weighted by Gasteiger charge is 2.29. The molecule has 5 rings (SSSR count). The van der Waals surface area contributed by atoms with Crippen LogP contribution in [0, 0.1) is 0 Å². The average Bonchev–Trinajstić information content (AvgIpc) is 3.39. The monoisotopic (exact) mass is 527 g/mol. The lowest BCUT2D eigenvalue weighted by atomic mass is 9.92. The molecule has 3 heterocycles. The highest BCUT2D eigenvalue weighted by molar-refractivity contribution is 6.32. The van der Waals surface area contributed by atoms with Crippen molar-refractivity contribution in [1.29, 1.82) is 0 Å². The summed E-state index contributed by atoms with van der Waals surface area (Å²) in [5, 5.41) is 3.83. The van der Waals surface area contributed by atoms with Crippen molar-refractivity contribution in [3.8, 4) is 5.75 Å². The number of benzene rings is 1. The zero-order valence-corrected chi connectivity index (χ0v) is 21.4. The third-order valence-electron chi connectivity index (χ3n) is 6.40. The number of rotatable bonds is 8. The third-order valence-corrected chi connectivity index (χ3v) is 7.16. The highest BCUT2D eigenvalue weighted by atomic mass is 35.5. The summed E-state index contributed by atoms with van der Waals surface area (Å²) in [5.74, 6) is 0.658. The number of anilines is 2. The molecule has 1 saturated heterocycles. The van der Waals surface area contributed by atoms with Crippen LogP contribution in [0.15, 0.2) is 64.6 Å². The first kappa shape index (κ1) is 24.6. The first-order chi connectivity index (χ1) is 17.5. The summed E-state index contributed by atoms with van der Waals surface area (Å²) in [4.78, 5) is 30.0. The van der Waals surface area contributed by atoms with E-state index < -0.39 is 11.3 Å². The van der Waals surface area contributed by atoms with Gasteiger partial charge in [0.25, 0.3) is 5.56 Å². The fourth-order valence-corrected chi connectivity index (χ4v) is 5.29. The van der Waals surface area contributed by atoms with Crippen LogP contribution in [-0.2, 0) is 0 Å². The minimum atomic E-state index is -0.481. The van der Waals surface area contributed by atoms with Crippen molar-refractivity contribution in [2.24, 2.45) is 0 Å². The zero-order valence-electron chi connectivity index (χ0n) is 19.9. The van der Waals surface area contributed by atoms with Crippen LogP contribution < -0.4 is 20.5 Å². The Bertz CT molecular complexity index is 1350. The van der Waals surface area contributed by atoms with Crippen LogP contribution in [0.5, 0.6) is 5.75 Å². The first-order valence-corrected chi connectivity index (χ1v) is 12.7. The van der Waals surface area contributed by atoms with Crippen LogP contribution in [-0.4, -0.2) is 58.3 Å². The molecule has 2 aromatic heterocycles. The Labute approximate surface area is 219 Å². The van der Waals surface area contributed by atoms with Gasteiger partial charge < -0.3 is 14.9 Å². The van der Waals surface area contributed by atoms with E-state index in [-0.39, 0.29) is 5.56 Å². The molecule has 8 nitrogen and oxygen atoms in total. The van der Waals surface area contributed by atoms with E-state index in [2.05, 4.69) is 20.2 Å². The topological polar surface area (TPSA) is 81.5 Å². The minimum Gasteiger partial charge on any atom is -0.492 e. The number of allylic oxidation sites excluding steroid dienone is 4. The molecule has 0 spiro atoms. The molecule has 1 fully saturated rings. The molecule has 1 aromatic carbocycles. The van der Waals surface area contributed by atoms with E-state index in [0.29, 0.717) is 34.2 Å². The Morgan fingerprint density at radius 2 is 1.97 bits per heavy atom. The van der Waals surface area contributed by atoms with Gasteiger partial charge in [-0.1, -0.05) is 23.8 Å². The molecule has 0 radical (unpaired) electrons. The van der Waals surface area contributed by atoms with Gasteiger partial charge in [0.15, 0.2) is 5.65 Å². The van der Waals surface area contributed by atoms with Gasteiger partial charge >= 0.3 is 0 Å². The highest BCUT2D eigenvalue weighted by Crippen LogP contribution is 2.36. The Kier molecular flexibility index (Phi) is 7.46. The zero-order chi connectivity index (χ0) is 25.1. The molecule has 0 saturated carbocycles. The molecule has 3 aromatic rings. The molecule has 36 heavy (non-hydrogen) atoms. The van der Waals surface area contributed by atoms with E-state index in [9.17, 15) is 4.79 Å². The first-order valence-electron chi connectivity index (χ1n) is 11.9. The SMILES string of the molecule is COn1c(=O)c(C2C(Cl)=CC=CC2Cl)cc2cnc(Nc3ccc(OCCN4CCCC4)cc3)nc21. The standard InChI is InChI=1S/C26H27Cl2N5O3/c1-35-33-24-17(15-20(25(33)34)23-21(27)5-4-6-22(23)28)16-29-26(31-24)30-18-7-9-19(10-8-18)36-14-13-32-11-2-3-12-32/h4-10,15-16,21,23H,2-3,11-14H2,1H3,(H,29,30,31). The summed E-state index contributed by atoms with van der Waals surface area (Å²) in [6.45, 7) is 3.93. The number of nitrogens with zero attached hydrogens (tertiary/aromatic N) is 4.